The third kappa shape index (κ3) is 1.48. The first kappa shape index (κ1) is 5.11. The lowest BCUT2D eigenvalue weighted by molar-refractivity contribution is 0.387. The van der Waals surface area contributed by atoms with Gasteiger partial charge in [0.2, 0.25) is 0 Å². The third-order valence-electron chi connectivity index (χ3n) is 1.02. The Morgan fingerprint density at radius 2 is 2.57 bits per heavy atom. The fourth-order valence-corrected chi connectivity index (χ4v) is 1.54. The van der Waals surface area contributed by atoms with Crippen molar-refractivity contribution in [2.24, 2.45) is 0 Å². The van der Waals surface area contributed by atoms with Crippen molar-refractivity contribution in [3.8, 4) is 0 Å². The lowest BCUT2D eigenvalue weighted by Gasteiger charge is -2.04. The molecule has 1 aliphatic rings. The summed E-state index contributed by atoms with van der Waals surface area (Å²) < 4.78 is 0. The zero-order chi connectivity index (χ0) is 5.11. The fourth-order valence-electron chi connectivity index (χ4n) is 0.634. The summed E-state index contributed by atoms with van der Waals surface area (Å²) in [5, 5.41) is 8.78. The van der Waals surface area contributed by atoms with E-state index in [0.29, 0.717) is 5.76 Å². The molecule has 1 rings (SSSR count). The van der Waals surface area contributed by atoms with Gasteiger partial charge in [0.1, 0.15) is 0 Å². The molecule has 1 heterocycles. The molecule has 1 unspecified atom stereocenters. The lowest BCUT2D eigenvalue weighted by Crippen LogP contribution is -1.87. The van der Waals surface area contributed by atoms with Gasteiger partial charge in [0.25, 0.3) is 0 Å². The Kier molecular flexibility index (Phi) is 1.70. The van der Waals surface area contributed by atoms with Gasteiger partial charge in [-0.05, 0) is 18.4 Å². The van der Waals surface area contributed by atoms with Crippen molar-refractivity contribution >= 4 is 8.58 Å². The van der Waals surface area contributed by atoms with Crippen LogP contribution in [0.15, 0.2) is 11.6 Å². The number of hydrogen-bond acceptors (Lipinski definition) is 1. The van der Waals surface area contributed by atoms with Crippen LogP contribution in [0.25, 0.3) is 0 Å². The van der Waals surface area contributed by atoms with Gasteiger partial charge in [-0.2, -0.15) is 0 Å². The number of hydrogen-bond donors (Lipinski definition) is 1. The standard InChI is InChI=1S/C5H9OP/c6-5-2-1-3-7-4-5/h4,6-7H,1-3H2. The van der Waals surface area contributed by atoms with Gasteiger partial charge >= 0.3 is 0 Å². The van der Waals surface area contributed by atoms with E-state index < -0.39 is 0 Å². The maximum Gasteiger partial charge on any atom is 0.0924 e. The third-order valence-corrected chi connectivity index (χ3v) is 2.20. The van der Waals surface area contributed by atoms with Crippen LogP contribution in [0, 0.1) is 0 Å². The summed E-state index contributed by atoms with van der Waals surface area (Å²) in [4.78, 5) is 0. The molecule has 0 aromatic rings. The van der Waals surface area contributed by atoms with Crippen LogP contribution >= 0.6 is 8.58 Å². The first-order valence-electron chi connectivity index (χ1n) is 2.51. The Bertz CT molecular complexity index is 88.1. The second-order valence-corrected chi connectivity index (χ2v) is 2.89. The van der Waals surface area contributed by atoms with Crippen LogP contribution in [0.5, 0.6) is 0 Å². The summed E-state index contributed by atoms with van der Waals surface area (Å²) in [6, 6.07) is 0. The number of allylic oxidation sites excluding steroid dienone is 1. The van der Waals surface area contributed by atoms with Crippen molar-refractivity contribution in [2.75, 3.05) is 6.16 Å². The normalized spacial score (nSPS) is 24.9. The second-order valence-electron chi connectivity index (χ2n) is 1.69. The highest BCUT2D eigenvalue weighted by atomic mass is 31.1. The summed E-state index contributed by atoms with van der Waals surface area (Å²) in [5.74, 6) is 2.54. The minimum atomic E-state index is 0.601. The zero-order valence-corrected chi connectivity index (χ0v) is 5.15. The molecule has 1 atom stereocenters. The summed E-state index contributed by atoms with van der Waals surface area (Å²) >= 11 is 0. The molecular formula is C5H9OP. The quantitative estimate of drug-likeness (QED) is 0.479. The Balaban J connectivity index is 2.40. The van der Waals surface area contributed by atoms with Crippen molar-refractivity contribution < 1.29 is 5.11 Å². The molecule has 1 aliphatic heterocycles. The molecule has 1 nitrogen and oxygen atoms in total. The van der Waals surface area contributed by atoms with Crippen molar-refractivity contribution in [1.82, 2.24) is 0 Å². The van der Waals surface area contributed by atoms with Crippen molar-refractivity contribution in [3.05, 3.63) is 11.6 Å². The van der Waals surface area contributed by atoms with Gasteiger partial charge in [-0.3, -0.25) is 0 Å². The van der Waals surface area contributed by atoms with E-state index in [-0.39, 0.29) is 0 Å². The zero-order valence-electron chi connectivity index (χ0n) is 4.15. The van der Waals surface area contributed by atoms with Gasteiger partial charge in [-0.25, -0.2) is 0 Å². The van der Waals surface area contributed by atoms with Crippen LogP contribution in [0.4, 0.5) is 0 Å². The van der Waals surface area contributed by atoms with E-state index in [1.165, 1.54) is 12.6 Å². The molecule has 0 amide bonds. The van der Waals surface area contributed by atoms with E-state index in [9.17, 15) is 0 Å². The molecule has 7 heavy (non-hydrogen) atoms. The molecule has 0 fully saturated rings. The van der Waals surface area contributed by atoms with E-state index in [2.05, 4.69) is 0 Å². The highest BCUT2D eigenvalue weighted by Crippen LogP contribution is 2.23. The predicted octanol–water partition coefficient (Wildman–Crippen LogP) is 1.86. The highest BCUT2D eigenvalue weighted by molar-refractivity contribution is 7.41. The molecule has 2 heteroatoms. The molecule has 0 saturated carbocycles. The molecule has 0 spiro atoms. The van der Waals surface area contributed by atoms with Crippen molar-refractivity contribution in [2.45, 2.75) is 12.8 Å². The van der Waals surface area contributed by atoms with Crippen molar-refractivity contribution in [3.63, 3.8) is 0 Å². The Hall–Kier alpha value is -0.0300. The van der Waals surface area contributed by atoms with Gasteiger partial charge in [-0.15, -0.1) is 0 Å². The molecule has 0 aromatic carbocycles. The first-order valence-corrected chi connectivity index (χ1v) is 3.79. The van der Waals surface area contributed by atoms with E-state index in [4.69, 9.17) is 5.11 Å². The monoisotopic (exact) mass is 116 g/mol. The second kappa shape index (κ2) is 2.32. The number of rotatable bonds is 0. The lowest BCUT2D eigenvalue weighted by atomic mass is 10.3. The molecule has 40 valence electrons. The molecule has 0 aromatic heterocycles. The van der Waals surface area contributed by atoms with Crippen LogP contribution in [0.1, 0.15) is 12.8 Å². The Morgan fingerprint density at radius 1 is 1.71 bits per heavy atom. The van der Waals surface area contributed by atoms with Gasteiger partial charge < -0.3 is 5.11 Å². The summed E-state index contributed by atoms with van der Waals surface area (Å²) in [5.41, 5.74) is 0. The molecule has 1 N–H and O–H groups in total. The van der Waals surface area contributed by atoms with Gasteiger partial charge in [-0.1, -0.05) is 8.58 Å². The fraction of sp³-hybridized carbons (Fsp3) is 0.600. The topological polar surface area (TPSA) is 20.2 Å². The van der Waals surface area contributed by atoms with Crippen LogP contribution in [-0.2, 0) is 0 Å². The molecule has 0 aliphatic carbocycles. The number of aliphatic hydroxyl groups is 1. The minimum Gasteiger partial charge on any atom is -0.512 e. The maximum absolute atomic E-state index is 8.78. The average molecular weight is 116 g/mol. The van der Waals surface area contributed by atoms with Crippen LogP contribution in [-0.4, -0.2) is 11.3 Å². The SMILES string of the molecule is OC1=CPCCC1. The van der Waals surface area contributed by atoms with Gasteiger partial charge in [0.05, 0.1) is 5.76 Å². The maximum atomic E-state index is 8.78. The first-order chi connectivity index (χ1) is 3.39. The smallest absolute Gasteiger partial charge is 0.0924 e. The summed E-state index contributed by atoms with van der Waals surface area (Å²) in [6.45, 7) is 0. The van der Waals surface area contributed by atoms with Crippen molar-refractivity contribution in [1.29, 1.82) is 0 Å². The van der Waals surface area contributed by atoms with E-state index in [1.807, 2.05) is 5.82 Å². The van der Waals surface area contributed by atoms with Gasteiger partial charge in [0.15, 0.2) is 0 Å². The van der Waals surface area contributed by atoms with E-state index in [1.54, 1.807) is 0 Å². The summed E-state index contributed by atoms with van der Waals surface area (Å²) in [7, 11) is 0.870. The van der Waals surface area contributed by atoms with Crippen LogP contribution in [0.3, 0.4) is 0 Å². The molecule has 0 saturated heterocycles. The van der Waals surface area contributed by atoms with Crippen LogP contribution < -0.4 is 0 Å². The predicted molar refractivity (Wildman–Crippen MR) is 33.1 cm³/mol. The number of aliphatic hydroxyl groups excluding tert-OH is 1. The highest BCUT2D eigenvalue weighted by Gasteiger charge is 1.97. The average Bonchev–Trinajstić information content (AvgIpc) is 1.69. The molecule has 0 bridgehead atoms. The molecule has 0 radical (unpaired) electrons. The van der Waals surface area contributed by atoms with E-state index >= 15 is 0 Å². The van der Waals surface area contributed by atoms with Crippen LogP contribution in [0.2, 0.25) is 0 Å². The summed E-state index contributed by atoms with van der Waals surface area (Å²) in [6.07, 6.45) is 3.37. The Labute approximate surface area is 45.2 Å². The van der Waals surface area contributed by atoms with Gasteiger partial charge in [0, 0.05) is 6.42 Å². The Morgan fingerprint density at radius 3 is 2.86 bits per heavy atom. The minimum absolute atomic E-state index is 0.601. The van der Waals surface area contributed by atoms with E-state index in [0.717, 1.165) is 15.0 Å². The largest absolute Gasteiger partial charge is 0.512 e. The molecular weight excluding hydrogens is 107 g/mol.